The number of amides is 1. The van der Waals surface area contributed by atoms with E-state index < -0.39 is 5.91 Å². The molecule has 0 aliphatic heterocycles. The summed E-state index contributed by atoms with van der Waals surface area (Å²) >= 11 is 0. The maximum Gasteiger partial charge on any atom is 0.257 e. The van der Waals surface area contributed by atoms with Gasteiger partial charge in [-0.15, -0.1) is 0 Å². The Morgan fingerprint density at radius 1 is 1.67 bits per heavy atom. The number of hydrogen-bond acceptors (Lipinski definition) is 3. The molecule has 0 fully saturated rings. The summed E-state index contributed by atoms with van der Waals surface area (Å²) in [6, 6.07) is 0.978. The summed E-state index contributed by atoms with van der Waals surface area (Å²) in [7, 11) is 0. The van der Waals surface area contributed by atoms with Crippen LogP contribution in [-0.4, -0.2) is 28.6 Å². The van der Waals surface area contributed by atoms with E-state index in [0.717, 1.165) is 0 Å². The van der Waals surface area contributed by atoms with Gasteiger partial charge in [-0.05, 0) is 6.42 Å². The van der Waals surface area contributed by atoms with E-state index in [4.69, 9.17) is 5.11 Å². The van der Waals surface area contributed by atoms with Gasteiger partial charge in [-0.3, -0.25) is 9.59 Å². The van der Waals surface area contributed by atoms with Crippen LogP contribution < -0.4 is 10.7 Å². The molecule has 1 aromatic rings. The minimum atomic E-state index is -0.460. The zero-order valence-electron chi connectivity index (χ0n) is 8.49. The summed E-state index contributed by atoms with van der Waals surface area (Å²) in [6.07, 6.45) is 3.43. The average molecular weight is 210 g/mol. The minimum Gasteiger partial charge on any atom is -0.394 e. The molecule has 15 heavy (non-hydrogen) atoms. The highest BCUT2D eigenvalue weighted by Crippen LogP contribution is 1.93. The van der Waals surface area contributed by atoms with Gasteiger partial charge in [-0.25, -0.2) is 0 Å². The first-order valence-electron chi connectivity index (χ1n) is 4.77. The zero-order chi connectivity index (χ0) is 11.3. The summed E-state index contributed by atoms with van der Waals surface area (Å²) in [6.45, 7) is 1.71. The second kappa shape index (κ2) is 5.31. The highest BCUT2D eigenvalue weighted by Gasteiger charge is 2.13. The van der Waals surface area contributed by atoms with Crippen molar-refractivity contribution < 1.29 is 9.90 Å². The lowest BCUT2D eigenvalue weighted by molar-refractivity contribution is 0.0913. The van der Waals surface area contributed by atoms with Gasteiger partial charge in [0.15, 0.2) is 5.43 Å². The van der Waals surface area contributed by atoms with Crippen molar-refractivity contribution in [3.05, 3.63) is 34.2 Å². The van der Waals surface area contributed by atoms with E-state index in [1.54, 1.807) is 0 Å². The van der Waals surface area contributed by atoms with Crippen molar-refractivity contribution in [1.29, 1.82) is 0 Å². The Kier molecular flexibility index (Phi) is 4.05. The van der Waals surface area contributed by atoms with Crippen LogP contribution >= 0.6 is 0 Å². The lowest BCUT2D eigenvalue weighted by atomic mass is 10.2. The Balaban J connectivity index is 2.78. The predicted molar refractivity (Wildman–Crippen MR) is 55.7 cm³/mol. The van der Waals surface area contributed by atoms with Crippen molar-refractivity contribution in [2.45, 2.75) is 19.4 Å². The molecule has 0 saturated carbocycles. The van der Waals surface area contributed by atoms with E-state index in [2.05, 4.69) is 10.3 Å². The van der Waals surface area contributed by atoms with Gasteiger partial charge in [0.2, 0.25) is 0 Å². The Hall–Kier alpha value is -1.62. The lowest BCUT2D eigenvalue weighted by Gasteiger charge is -2.13. The summed E-state index contributed by atoms with van der Waals surface area (Å²) in [4.78, 5) is 25.5. The number of aromatic amines is 1. The van der Waals surface area contributed by atoms with Gasteiger partial charge < -0.3 is 15.4 Å². The fourth-order valence-electron chi connectivity index (χ4n) is 1.13. The first-order chi connectivity index (χ1) is 7.19. The SMILES string of the molecule is CC[C@H](CO)NC(=O)c1c[nH]ccc1=O. The van der Waals surface area contributed by atoms with Gasteiger partial charge in [0.1, 0.15) is 5.56 Å². The van der Waals surface area contributed by atoms with Gasteiger partial charge in [-0.1, -0.05) is 6.92 Å². The number of pyridine rings is 1. The van der Waals surface area contributed by atoms with E-state index in [0.29, 0.717) is 6.42 Å². The fraction of sp³-hybridized carbons (Fsp3) is 0.400. The summed E-state index contributed by atoms with van der Waals surface area (Å²) in [5, 5.41) is 11.5. The number of aliphatic hydroxyl groups excluding tert-OH is 1. The predicted octanol–water partition coefficient (Wildman–Crippen LogP) is -0.124. The molecule has 0 unspecified atom stereocenters. The van der Waals surface area contributed by atoms with Crippen LogP contribution in [0.15, 0.2) is 23.3 Å². The van der Waals surface area contributed by atoms with Crippen LogP contribution in [0.2, 0.25) is 0 Å². The van der Waals surface area contributed by atoms with Crippen molar-refractivity contribution in [2.75, 3.05) is 6.61 Å². The van der Waals surface area contributed by atoms with Gasteiger partial charge in [0.05, 0.1) is 12.6 Å². The third-order valence-electron chi connectivity index (χ3n) is 2.12. The Morgan fingerprint density at radius 2 is 2.40 bits per heavy atom. The molecule has 0 aliphatic carbocycles. The summed E-state index contributed by atoms with van der Waals surface area (Å²) in [5.74, 6) is -0.460. The molecule has 1 atom stereocenters. The monoisotopic (exact) mass is 210 g/mol. The third kappa shape index (κ3) is 2.92. The van der Waals surface area contributed by atoms with Gasteiger partial charge in [0, 0.05) is 18.5 Å². The molecule has 1 aromatic heterocycles. The number of aliphatic hydroxyl groups is 1. The van der Waals surface area contributed by atoms with Crippen molar-refractivity contribution >= 4 is 5.91 Å². The molecule has 0 bridgehead atoms. The Bertz CT molecular complexity index is 382. The van der Waals surface area contributed by atoms with Gasteiger partial charge in [0.25, 0.3) is 5.91 Å². The third-order valence-corrected chi connectivity index (χ3v) is 2.12. The van der Waals surface area contributed by atoms with E-state index >= 15 is 0 Å². The standard InChI is InChI=1S/C10H14N2O3/c1-2-7(6-13)12-10(15)8-5-11-4-3-9(8)14/h3-5,7,13H,2,6H2,1H3,(H,11,14)(H,12,15)/t7-/m1/s1. The average Bonchev–Trinajstić information content (AvgIpc) is 2.26. The fourth-order valence-corrected chi connectivity index (χ4v) is 1.13. The maximum atomic E-state index is 11.6. The molecule has 5 nitrogen and oxygen atoms in total. The molecule has 5 heteroatoms. The smallest absolute Gasteiger partial charge is 0.257 e. The molecular weight excluding hydrogens is 196 g/mol. The number of carbonyl (C=O) groups excluding carboxylic acids is 1. The van der Waals surface area contributed by atoms with Crippen LogP contribution in [0.25, 0.3) is 0 Å². The second-order valence-corrected chi connectivity index (χ2v) is 3.18. The number of aromatic nitrogens is 1. The molecule has 0 spiro atoms. The first kappa shape index (κ1) is 11.5. The van der Waals surface area contributed by atoms with Crippen LogP contribution in [-0.2, 0) is 0 Å². The molecule has 3 N–H and O–H groups in total. The summed E-state index contributed by atoms with van der Waals surface area (Å²) < 4.78 is 0. The highest BCUT2D eigenvalue weighted by molar-refractivity contribution is 5.93. The topological polar surface area (TPSA) is 82.2 Å². The number of carbonyl (C=O) groups is 1. The van der Waals surface area contributed by atoms with E-state index in [9.17, 15) is 9.59 Å². The molecule has 0 aromatic carbocycles. The van der Waals surface area contributed by atoms with Crippen molar-refractivity contribution in [2.24, 2.45) is 0 Å². The molecule has 1 rings (SSSR count). The van der Waals surface area contributed by atoms with Crippen LogP contribution in [0.3, 0.4) is 0 Å². The molecule has 0 saturated heterocycles. The molecule has 0 radical (unpaired) electrons. The van der Waals surface area contributed by atoms with E-state index in [1.807, 2.05) is 6.92 Å². The van der Waals surface area contributed by atoms with Crippen molar-refractivity contribution in [1.82, 2.24) is 10.3 Å². The quantitative estimate of drug-likeness (QED) is 0.647. The molecule has 1 heterocycles. The van der Waals surface area contributed by atoms with Crippen LogP contribution in [0.4, 0.5) is 0 Å². The van der Waals surface area contributed by atoms with Crippen LogP contribution in [0.5, 0.6) is 0 Å². The normalized spacial score (nSPS) is 12.1. The zero-order valence-corrected chi connectivity index (χ0v) is 8.49. The summed E-state index contributed by atoms with van der Waals surface area (Å²) in [5.41, 5.74) is -0.275. The molecule has 82 valence electrons. The van der Waals surface area contributed by atoms with Crippen molar-refractivity contribution in [3.8, 4) is 0 Å². The Morgan fingerprint density at radius 3 is 2.93 bits per heavy atom. The number of H-pyrrole nitrogens is 1. The lowest BCUT2D eigenvalue weighted by Crippen LogP contribution is -2.38. The molecular formula is C10H14N2O3. The Labute approximate surface area is 87.1 Å². The van der Waals surface area contributed by atoms with Gasteiger partial charge in [-0.2, -0.15) is 0 Å². The molecule has 1 amide bonds. The molecule has 0 aliphatic rings. The number of nitrogens with one attached hydrogen (secondary N) is 2. The minimum absolute atomic E-state index is 0.0596. The number of rotatable bonds is 4. The maximum absolute atomic E-state index is 11.6. The number of hydrogen-bond donors (Lipinski definition) is 3. The van der Waals surface area contributed by atoms with E-state index in [-0.39, 0.29) is 23.6 Å². The van der Waals surface area contributed by atoms with Gasteiger partial charge >= 0.3 is 0 Å². The largest absolute Gasteiger partial charge is 0.394 e. The van der Waals surface area contributed by atoms with Crippen LogP contribution in [0.1, 0.15) is 23.7 Å². The first-order valence-corrected chi connectivity index (χ1v) is 4.77. The van der Waals surface area contributed by atoms with Crippen LogP contribution in [0, 0.1) is 0 Å². The highest BCUT2D eigenvalue weighted by atomic mass is 16.3. The van der Waals surface area contributed by atoms with Crippen molar-refractivity contribution in [3.63, 3.8) is 0 Å². The van der Waals surface area contributed by atoms with E-state index in [1.165, 1.54) is 18.5 Å². The second-order valence-electron chi connectivity index (χ2n) is 3.18.